The van der Waals surface area contributed by atoms with Gasteiger partial charge < -0.3 is 19.7 Å². The van der Waals surface area contributed by atoms with E-state index in [9.17, 15) is 0 Å². The number of hydrogen-bond donors (Lipinski definition) is 1. The Kier molecular flexibility index (Phi) is 7.70. The Morgan fingerprint density at radius 2 is 2.21 bits per heavy atom. The average molecular weight is 446 g/mol. The van der Waals surface area contributed by atoms with E-state index in [1.807, 2.05) is 19.3 Å². The molecule has 24 heavy (non-hydrogen) atoms. The first-order chi connectivity index (χ1) is 11.3. The Morgan fingerprint density at radius 3 is 2.92 bits per heavy atom. The number of nitrogens with zero attached hydrogens (tertiary/aromatic N) is 3. The van der Waals surface area contributed by atoms with E-state index in [1.54, 1.807) is 0 Å². The van der Waals surface area contributed by atoms with Gasteiger partial charge in [0.25, 0.3) is 0 Å². The lowest BCUT2D eigenvalue weighted by Crippen LogP contribution is -2.53. The fourth-order valence-electron chi connectivity index (χ4n) is 3.19. The van der Waals surface area contributed by atoms with E-state index in [0.29, 0.717) is 13.2 Å². The van der Waals surface area contributed by atoms with Crippen LogP contribution in [0.25, 0.3) is 0 Å². The van der Waals surface area contributed by atoms with E-state index in [4.69, 9.17) is 9.47 Å². The van der Waals surface area contributed by atoms with Gasteiger partial charge in [-0.05, 0) is 31.4 Å². The van der Waals surface area contributed by atoms with Crippen LogP contribution in [0.5, 0.6) is 0 Å². The number of morpholine rings is 1. The molecule has 0 aliphatic carbocycles. The van der Waals surface area contributed by atoms with Crippen molar-refractivity contribution in [3.63, 3.8) is 0 Å². The lowest BCUT2D eigenvalue weighted by Gasteiger charge is -2.37. The van der Waals surface area contributed by atoms with Crippen LogP contribution >= 0.6 is 24.0 Å². The van der Waals surface area contributed by atoms with E-state index in [-0.39, 0.29) is 36.2 Å². The van der Waals surface area contributed by atoms with Crippen LogP contribution < -0.4 is 5.32 Å². The third-order valence-corrected chi connectivity index (χ3v) is 4.52. The number of aliphatic imine (C=N–C) groups is 1. The van der Waals surface area contributed by atoms with Crippen molar-refractivity contribution in [3.8, 4) is 0 Å². The van der Waals surface area contributed by atoms with Crippen molar-refractivity contribution < 1.29 is 9.47 Å². The van der Waals surface area contributed by atoms with Crippen LogP contribution in [-0.4, -0.2) is 61.4 Å². The second-order valence-electron chi connectivity index (χ2n) is 6.07. The van der Waals surface area contributed by atoms with Crippen molar-refractivity contribution in [1.82, 2.24) is 15.2 Å². The SMILES string of the molecule is CN=C(NCc1ncccc1C)N1CCOC(C2CCCO2)C1.I. The van der Waals surface area contributed by atoms with Crippen molar-refractivity contribution >= 4 is 29.9 Å². The predicted molar refractivity (Wildman–Crippen MR) is 105 cm³/mol. The van der Waals surface area contributed by atoms with E-state index >= 15 is 0 Å². The Labute approximate surface area is 161 Å². The zero-order chi connectivity index (χ0) is 16.1. The van der Waals surface area contributed by atoms with Gasteiger partial charge in [-0.1, -0.05) is 6.07 Å². The van der Waals surface area contributed by atoms with Gasteiger partial charge in [-0.3, -0.25) is 9.98 Å². The molecule has 0 bridgehead atoms. The van der Waals surface area contributed by atoms with Gasteiger partial charge in [0.15, 0.2) is 5.96 Å². The molecular weight excluding hydrogens is 419 g/mol. The second-order valence-corrected chi connectivity index (χ2v) is 6.07. The number of nitrogens with one attached hydrogen (secondary N) is 1. The van der Waals surface area contributed by atoms with Crippen LogP contribution in [0.3, 0.4) is 0 Å². The normalized spacial score (nSPS) is 24.6. The summed E-state index contributed by atoms with van der Waals surface area (Å²) in [5.41, 5.74) is 2.24. The maximum Gasteiger partial charge on any atom is 0.194 e. The molecule has 2 unspecified atom stereocenters. The Morgan fingerprint density at radius 1 is 1.38 bits per heavy atom. The van der Waals surface area contributed by atoms with Gasteiger partial charge in [0, 0.05) is 32.9 Å². The maximum atomic E-state index is 5.91. The van der Waals surface area contributed by atoms with Crippen LogP contribution in [0.15, 0.2) is 23.3 Å². The Bertz CT molecular complexity index is 549. The third-order valence-electron chi connectivity index (χ3n) is 4.52. The van der Waals surface area contributed by atoms with Crippen LogP contribution in [0, 0.1) is 6.92 Å². The molecule has 0 amide bonds. The van der Waals surface area contributed by atoms with Crippen LogP contribution in [0.2, 0.25) is 0 Å². The smallest absolute Gasteiger partial charge is 0.194 e. The van der Waals surface area contributed by atoms with Crippen molar-refractivity contribution in [1.29, 1.82) is 0 Å². The molecule has 1 aromatic rings. The number of ether oxygens (including phenoxy) is 2. The standard InChI is InChI=1S/C17H26N4O2.HI/c1-13-5-3-7-19-14(13)11-20-17(18-2)21-8-10-23-16(12-21)15-6-4-9-22-15;/h3,5,7,15-16H,4,6,8-12H2,1-2H3,(H,18,20);1H. The lowest BCUT2D eigenvalue weighted by molar-refractivity contribution is -0.0817. The van der Waals surface area contributed by atoms with Crippen LogP contribution in [0.1, 0.15) is 24.1 Å². The number of pyridine rings is 1. The molecule has 134 valence electrons. The summed E-state index contributed by atoms with van der Waals surface area (Å²) >= 11 is 0. The molecule has 0 aromatic carbocycles. The molecule has 7 heteroatoms. The zero-order valence-electron chi connectivity index (χ0n) is 14.4. The molecule has 3 heterocycles. The van der Waals surface area contributed by atoms with Gasteiger partial charge >= 0.3 is 0 Å². The van der Waals surface area contributed by atoms with Gasteiger partial charge in [0.1, 0.15) is 6.10 Å². The van der Waals surface area contributed by atoms with Crippen molar-refractivity contribution in [2.75, 3.05) is 33.4 Å². The molecule has 6 nitrogen and oxygen atoms in total. The number of halogens is 1. The number of aryl methyl sites for hydroxylation is 1. The summed E-state index contributed by atoms with van der Waals surface area (Å²) in [7, 11) is 1.82. The van der Waals surface area contributed by atoms with Gasteiger partial charge in [-0.2, -0.15) is 0 Å². The van der Waals surface area contributed by atoms with Gasteiger partial charge in [0.2, 0.25) is 0 Å². The number of hydrogen-bond acceptors (Lipinski definition) is 4. The molecule has 0 saturated carbocycles. The summed E-state index contributed by atoms with van der Waals surface area (Å²) in [5, 5.41) is 3.42. The minimum atomic E-state index is 0. The minimum Gasteiger partial charge on any atom is -0.375 e. The monoisotopic (exact) mass is 446 g/mol. The molecule has 2 saturated heterocycles. The number of aromatic nitrogens is 1. The summed E-state index contributed by atoms with van der Waals surface area (Å²) in [4.78, 5) is 11.1. The minimum absolute atomic E-state index is 0. The molecule has 2 aliphatic rings. The Balaban J connectivity index is 0.00000208. The molecule has 2 atom stereocenters. The molecule has 0 spiro atoms. The topological polar surface area (TPSA) is 59.0 Å². The summed E-state index contributed by atoms with van der Waals surface area (Å²) < 4.78 is 11.7. The highest BCUT2D eigenvalue weighted by molar-refractivity contribution is 14.0. The van der Waals surface area contributed by atoms with Gasteiger partial charge in [0.05, 0.1) is 24.9 Å². The first-order valence-electron chi connectivity index (χ1n) is 8.37. The van der Waals surface area contributed by atoms with Crippen molar-refractivity contribution in [2.45, 2.75) is 38.5 Å². The first kappa shape index (κ1) is 19.4. The summed E-state index contributed by atoms with van der Waals surface area (Å²) in [6.07, 6.45) is 4.43. The highest BCUT2D eigenvalue weighted by atomic mass is 127. The third kappa shape index (κ3) is 4.80. The quantitative estimate of drug-likeness (QED) is 0.437. The molecule has 1 aromatic heterocycles. The molecule has 0 radical (unpaired) electrons. The molecule has 1 N–H and O–H groups in total. The van der Waals surface area contributed by atoms with Crippen LogP contribution in [0.4, 0.5) is 0 Å². The summed E-state index contributed by atoms with van der Waals surface area (Å²) in [6, 6.07) is 4.04. The molecule has 2 fully saturated rings. The number of rotatable bonds is 3. The van der Waals surface area contributed by atoms with Crippen molar-refractivity contribution in [3.05, 3.63) is 29.6 Å². The first-order valence-corrected chi connectivity index (χ1v) is 8.37. The van der Waals surface area contributed by atoms with E-state index in [0.717, 1.165) is 44.2 Å². The summed E-state index contributed by atoms with van der Waals surface area (Å²) in [5.74, 6) is 0.904. The van der Waals surface area contributed by atoms with Gasteiger partial charge in [-0.15, -0.1) is 24.0 Å². The fourth-order valence-corrected chi connectivity index (χ4v) is 3.19. The van der Waals surface area contributed by atoms with Crippen LogP contribution in [-0.2, 0) is 16.0 Å². The molecule has 3 rings (SSSR count). The van der Waals surface area contributed by atoms with Gasteiger partial charge in [-0.25, -0.2) is 0 Å². The van der Waals surface area contributed by atoms with E-state index in [2.05, 4.69) is 33.2 Å². The number of guanidine groups is 1. The fraction of sp³-hybridized carbons (Fsp3) is 0.647. The van der Waals surface area contributed by atoms with E-state index in [1.165, 1.54) is 5.56 Å². The van der Waals surface area contributed by atoms with E-state index < -0.39 is 0 Å². The highest BCUT2D eigenvalue weighted by Gasteiger charge is 2.32. The zero-order valence-corrected chi connectivity index (χ0v) is 16.7. The Hall–Kier alpha value is -0.930. The maximum absolute atomic E-state index is 5.91. The molecular formula is C17H27IN4O2. The molecule has 2 aliphatic heterocycles. The predicted octanol–water partition coefficient (Wildman–Crippen LogP) is 1.96. The average Bonchev–Trinajstić information content (AvgIpc) is 3.12. The summed E-state index contributed by atoms with van der Waals surface area (Å²) in [6.45, 7) is 6.01. The second kappa shape index (κ2) is 9.53. The lowest BCUT2D eigenvalue weighted by atomic mass is 10.1. The largest absolute Gasteiger partial charge is 0.375 e. The van der Waals surface area contributed by atoms with Crippen molar-refractivity contribution in [2.24, 2.45) is 4.99 Å². The highest BCUT2D eigenvalue weighted by Crippen LogP contribution is 2.21.